The molecule has 9 nitrogen and oxygen atoms in total. The lowest BCUT2D eigenvalue weighted by molar-refractivity contribution is -0.142. The number of aliphatic carboxylic acids is 1. The first kappa shape index (κ1) is 24.7. The van der Waals surface area contributed by atoms with Crippen LogP contribution in [0.1, 0.15) is 23.9 Å². The summed E-state index contributed by atoms with van der Waals surface area (Å²) in [5.41, 5.74) is -0.900. The van der Waals surface area contributed by atoms with Crippen molar-refractivity contribution in [3.8, 4) is 0 Å². The SMILES string of the molecule is COC(=O)OC1=C(CN2CC(F)(F)C[C@@H]2C(=O)O)NC(c2nccs2)=NC1(C)c1ccc(F)cc1. The molecule has 1 aromatic heterocycles. The van der Waals surface area contributed by atoms with Crippen LogP contribution in [0.2, 0.25) is 0 Å². The number of hydrogen-bond donors (Lipinski definition) is 2. The quantitative estimate of drug-likeness (QED) is 0.569. The van der Waals surface area contributed by atoms with E-state index in [1.807, 2.05) is 0 Å². The molecule has 0 spiro atoms. The number of nitrogens with zero attached hydrogens (tertiary/aromatic N) is 3. The van der Waals surface area contributed by atoms with Crippen molar-refractivity contribution in [2.24, 2.45) is 4.99 Å². The zero-order valence-corrected chi connectivity index (χ0v) is 19.4. The summed E-state index contributed by atoms with van der Waals surface area (Å²) in [6.45, 7) is 0.456. The number of carbonyl (C=O) groups is 2. The van der Waals surface area contributed by atoms with Crippen molar-refractivity contribution in [3.63, 3.8) is 0 Å². The average molecular weight is 510 g/mol. The molecule has 2 N–H and O–H groups in total. The number of aliphatic imine (C=N–C) groups is 1. The number of carbonyl (C=O) groups excluding carboxylic acids is 1. The van der Waals surface area contributed by atoms with Gasteiger partial charge in [-0.05, 0) is 24.6 Å². The number of likely N-dealkylation sites (tertiary alicyclic amines) is 1. The predicted molar refractivity (Wildman–Crippen MR) is 119 cm³/mol. The molecule has 1 fully saturated rings. The van der Waals surface area contributed by atoms with Crippen LogP contribution in [-0.4, -0.2) is 65.1 Å². The van der Waals surface area contributed by atoms with Gasteiger partial charge in [-0.3, -0.25) is 9.69 Å². The number of halogens is 3. The average Bonchev–Trinajstić information content (AvgIpc) is 3.44. The third-order valence-electron chi connectivity index (χ3n) is 5.73. The van der Waals surface area contributed by atoms with Crippen LogP contribution < -0.4 is 5.32 Å². The maximum absolute atomic E-state index is 14.2. The number of ether oxygens (including phenoxy) is 2. The number of thiazole rings is 1. The monoisotopic (exact) mass is 510 g/mol. The molecule has 1 aromatic carbocycles. The third-order valence-corrected chi connectivity index (χ3v) is 6.51. The summed E-state index contributed by atoms with van der Waals surface area (Å²) in [4.78, 5) is 33.9. The van der Waals surface area contributed by atoms with Crippen molar-refractivity contribution in [1.29, 1.82) is 0 Å². The van der Waals surface area contributed by atoms with E-state index in [0.717, 1.165) is 12.0 Å². The van der Waals surface area contributed by atoms with Crippen LogP contribution in [0, 0.1) is 5.82 Å². The lowest BCUT2D eigenvalue weighted by atomic mass is 9.88. The normalized spacial score (nSPS) is 24.0. The number of rotatable bonds is 6. The van der Waals surface area contributed by atoms with Gasteiger partial charge in [0.15, 0.2) is 16.6 Å². The first-order chi connectivity index (χ1) is 16.5. The van der Waals surface area contributed by atoms with Gasteiger partial charge in [0.05, 0.1) is 19.4 Å². The zero-order valence-electron chi connectivity index (χ0n) is 18.6. The molecule has 186 valence electrons. The molecule has 4 rings (SSSR count). The Morgan fingerprint density at radius 2 is 2.03 bits per heavy atom. The lowest BCUT2D eigenvalue weighted by Gasteiger charge is -2.36. The summed E-state index contributed by atoms with van der Waals surface area (Å²) in [5, 5.41) is 14.7. The van der Waals surface area contributed by atoms with E-state index in [4.69, 9.17) is 4.74 Å². The first-order valence-corrected chi connectivity index (χ1v) is 11.3. The molecule has 1 unspecified atom stereocenters. The fourth-order valence-electron chi connectivity index (χ4n) is 4.10. The third kappa shape index (κ3) is 5.00. The largest absolute Gasteiger partial charge is 0.513 e. The minimum atomic E-state index is -3.21. The maximum Gasteiger partial charge on any atom is 0.513 e. The van der Waals surface area contributed by atoms with Crippen LogP contribution in [-0.2, 0) is 19.8 Å². The molecule has 2 atom stereocenters. The van der Waals surface area contributed by atoms with Crippen LogP contribution in [0.4, 0.5) is 18.0 Å². The van der Waals surface area contributed by atoms with E-state index in [1.54, 1.807) is 18.5 Å². The van der Waals surface area contributed by atoms with Crippen LogP contribution in [0.25, 0.3) is 0 Å². The Labute approximate surface area is 201 Å². The molecule has 0 amide bonds. The summed E-state index contributed by atoms with van der Waals surface area (Å²) in [6.07, 6.45) is -0.405. The van der Waals surface area contributed by atoms with Gasteiger partial charge in [-0.15, -0.1) is 11.3 Å². The first-order valence-electron chi connectivity index (χ1n) is 10.4. The number of amidine groups is 1. The molecule has 13 heteroatoms. The summed E-state index contributed by atoms with van der Waals surface area (Å²) >= 11 is 1.25. The lowest BCUT2D eigenvalue weighted by Crippen LogP contribution is -2.46. The number of nitrogens with one attached hydrogen (secondary N) is 1. The molecule has 35 heavy (non-hydrogen) atoms. The molecule has 0 bridgehead atoms. The fraction of sp³-hybridized carbons (Fsp3) is 0.364. The Bertz CT molecular complexity index is 1190. The highest BCUT2D eigenvalue weighted by atomic mass is 32.1. The smallest absolute Gasteiger partial charge is 0.480 e. The van der Waals surface area contributed by atoms with Gasteiger partial charge in [0.1, 0.15) is 17.4 Å². The highest BCUT2D eigenvalue weighted by Crippen LogP contribution is 2.40. The maximum atomic E-state index is 14.2. The van der Waals surface area contributed by atoms with Crippen LogP contribution in [0.15, 0.2) is 52.3 Å². The van der Waals surface area contributed by atoms with E-state index >= 15 is 0 Å². The number of methoxy groups -OCH3 is 1. The van der Waals surface area contributed by atoms with Crippen molar-refractivity contribution in [2.75, 3.05) is 20.2 Å². The summed E-state index contributed by atoms with van der Waals surface area (Å²) < 4.78 is 52.1. The van der Waals surface area contributed by atoms with Gasteiger partial charge < -0.3 is 19.9 Å². The Kier molecular flexibility index (Phi) is 6.56. The van der Waals surface area contributed by atoms with Gasteiger partial charge in [0.25, 0.3) is 5.92 Å². The number of alkyl halides is 2. The topological polar surface area (TPSA) is 113 Å². The molecular weight excluding hydrogens is 489 g/mol. The summed E-state index contributed by atoms with van der Waals surface area (Å²) in [5.74, 6) is -4.97. The number of hydrogen-bond acceptors (Lipinski definition) is 9. The van der Waals surface area contributed by atoms with Gasteiger partial charge in [0.2, 0.25) is 0 Å². The van der Waals surface area contributed by atoms with E-state index in [0.29, 0.717) is 10.6 Å². The Hall–Kier alpha value is -3.45. The van der Waals surface area contributed by atoms with Gasteiger partial charge in [-0.1, -0.05) is 12.1 Å². The molecule has 1 saturated heterocycles. The van der Waals surface area contributed by atoms with Gasteiger partial charge in [-0.2, -0.15) is 0 Å². The Balaban J connectivity index is 1.85. The van der Waals surface area contributed by atoms with Crippen molar-refractivity contribution in [2.45, 2.75) is 30.8 Å². The zero-order chi connectivity index (χ0) is 25.4. The fourth-order valence-corrected chi connectivity index (χ4v) is 4.68. The highest BCUT2D eigenvalue weighted by molar-refractivity contribution is 7.11. The standard InChI is InChI=1S/C22H21F3N4O5S/c1-21(12-3-5-13(23)6-4-12)16(34-20(32)33-2)14(27-17(28-21)18-26-7-8-35-18)10-29-11-22(24,25)9-15(29)19(30)31/h3-8,15H,9-11H2,1-2H3,(H,27,28)(H,30,31)/t15-,21?/m1/s1. The second-order valence-corrected chi connectivity index (χ2v) is 9.08. The molecule has 0 radical (unpaired) electrons. The van der Waals surface area contributed by atoms with Crippen molar-refractivity contribution in [1.82, 2.24) is 15.2 Å². The van der Waals surface area contributed by atoms with Crippen molar-refractivity contribution in [3.05, 3.63) is 63.7 Å². The molecular formula is C22H21F3N4O5S. The predicted octanol–water partition coefficient (Wildman–Crippen LogP) is 3.34. The summed E-state index contributed by atoms with van der Waals surface area (Å²) in [6, 6.07) is 3.85. The molecule has 0 saturated carbocycles. The van der Waals surface area contributed by atoms with Gasteiger partial charge in [0, 0.05) is 24.5 Å². The second-order valence-electron chi connectivity index (χ2n) is 8.18. The second kappa shape index (κ2) is 9.30. The van der Waals surface area contributed by atoms with Crippen LogP contribution >= 0.6 is 11.3 Å². The van der Waals surface area contributed by atoms with Gasteiger partial charge >= 0.3 is 12.1 Å². The van der Waals surface area contributed by atoms with E-state index < -0.39 is 48.4 Å². The summed E-state index contributed by atoms with van der Waals surface area (Å²) in [7, 11) is 1.10. The Morgan fingerprint density at radius 3 is 2.63 bits per heavy atom. The molecule has 3 heterocycles. The van der Waals surface area contributed by atoms with E-state index in [9.17, 15) is 27.9 Å². The minimum absolute atomic E-state index is 0.101. The van der Waals surface area contributed by atoms with Crippen molar-refractivity contribution >= 4 is 29.3 Å². The minimum Gasteiger partial charge on any atom is -0.480 e. The van der Waals surface area contributed by atoms with Crippen LogP contribution in [0.5, 0.6) is 0 Å². The number of carboxylic acids is 1. The molecule has 2 aliphatic heterocycles. The van der Waals surface area contributed by atoms with E-state index in [1.165, 1.54) is 35.6 Å². The molecule has 0 aliphatic carbocycles. The van der Waals surface area contributed by atoms with E-state index in [-0.39, 0.29) is 23.8 Å². The van der Waals surface area contributed by atoms with Crippen LogP contribution in [0.3, 0.4) is 0 Å². The van der Waals surface area contributed by atoms with Crippen molar-refractivity contribution < 1.29 is 37.3 Å². The molecule has 2 aromatic rings. The Morgan fingerprint density at radius 1 is 1.31 bits per heavy atom. The molecule has 2 aliphatic rings. The van der Waals surface area contributed by atoms with Gasteiger partial charge in [-0.25, -0.2) is 27.9 Å². The highest BCUT2D eigenvalue weighted by Gasteiger charge is 2.50. The number of benzene rings is 1. The van der Waals surface area contributed by atoms with E-state index in [2.05, 4.69) is 20.0 Å². The number of aromatic nitrogens is 1. The number of carboxylic acid groups (broad SMARTS) is 1.